The normalized spacial score (nSPS) is 10.2. The van der Waals surface area contributed by atoms with Crippen LogP contribution in [0.15, 0.2) is 47.7 Å². The van der Waals surface area contributed by atoms with Gasteiger partial charge in [0.25, 0.3) is 5.91 Å². The third kappa shape index (κ3) is 12.2. The van der Waals surface area contributed by atoms with Crippen LogP contribution in [0.25, 0.3) is 0 Å². The van der Waals surface area contributed by atoms with Gasteiger partial charge in [-0.15, -0.1) is 0 Å². The van der Waals surface area contributed by atoms with Crippen LogP contribution >= 0.6 is 21.6 Å². The number of carbonyl (C=O) groups is 2. The quantitative estimate of drug-likeness (QED) is 0.0718. The summed E-state index contributed by atoms with van der Waals surface area (Å²) in [5.74, 6) is 6.78. The smallest absolute Gasteiger partial charge is 0.251 e. The lowest BCUT2D eigenvalue weighted by atomic mass is 10.1. The minimum Gasteiger partial charge on any atom is -0.384 e. The molecule has 33 heavy (non-hydrogen) atoms. The topological polar surface area (TPSA) is 134 Å². The monoisotopic (exact) mass is 491 g/mol. The van der Waals surface area contributed by atoms with Crippen molar-refractivity contribution >= 4 is 51.1 Å². The van der Waals surface area contributed by atoms with E-state index in [1.807, 2.05) is 45.0 Å². The van der Waals surface area contributed by atoms with E-state index in [4.69, 9.17) is 5.84 Å². The number of benzene rings is 1. The van der Waals surface area contributed by atoms with Gasteiger partial charge in [-0.25, -0.2) is 10.8 Å². The first-order valence-electron chi connectivity index (χ1n) is 10.7. The molecule has 9 nitrogen and oxygen atoms in total. The molecule has 1 aromatic heterocycles. The molecule has 180 valence electrons. The minimum absolute atomic E-state index is 0.125. The fourth-order valence-electron chi connectivity index (χ4n) is 2.29. The zero-order valence-electron chi connectivity index (χ0n) is 19.3. The van der Waals surface area contributed by atoms with E-state index in [1.54, 1.807) is 46.1 Å². The summed E-state index contributed by atoms with van der Waals surface area (Å²) in [4.78, 5) is 27.4. The van der Waals surface area contributed by atoms with Crippen molar-refractivity contribution in [1.82, 2.24) is 15.7 Å². The highest BCUT2D eigenvalue weighted by atomic mass is 33.1. The van der Waals surface area contributed by atoms with Crippen molar-refractivity contribution < 1.29 is 9.59 Å². The SMILES string of the molecule is CC.CCNc1ccc(N/N=C/c2ccc(C(=O)NCCSSCCC(=O)NN)cc2)nc1. The second-order valence-corrected chi connectivity index (χ2v) is 8.87. The lowest BCUT2D eigenvalue weighted by Gasteiger charge is -2.05. The molecule has 0 fully saturated rings. The van der Waals surface area contributed by atoms with E-state index in [0.717, 1.165) is 23.5 Å². The van der Waals surface area contributed by atoms with Crippen molar-refractivity contribution in [2.24, 2.45) is 10.9 Å². The number of nitrogens with zero attached hydrogens (tertiary/aromatic N) is 2. The van der Waals surface area contributed by atoms with E-state index in [2.05, 4.69) is 31.6 Å². The largest absolute Gasteiger partial charge is 0.384 e. The Morgan fingerprint density at radius 3 is 2.45 bits per heavy atom. The Hall–Kier alpha value is -2.76. The third-order valence-corrected chi connectivity index (χ3v) is 6.25. The number of anilines is 2. The molecule has 2 rings (SSSR count). The van der Waals surface area contributed by atoms with Crippen molar-refractivity contribution in [1.29, 1.82) is 0 Å². The van der Waals surface area contributed by atoms with E-state index >= 15 is 0 Å². The average Bonchev–Trinajstić information content (AvgIpc) is 2.86. The Morgan fingerprint density at radius 2 is 1.82 bits per heavy atom. The number of pyridine rings is 1. The molecule has 1 heterocycles. The molecule has 2 amide bonds. The minimum atomic E-state index is -0.180. The highest BCUT2D eigenvalue weighted by Gasteiger charge is 2.04. The predicted octanol–water partition coefficient (Wildman–Crippen LogP) is 3.48. The van der Waals surface area contributed by atoms with Crippen LogP contribution in [0.5, 0.6) is 0 Å². The molecular formula is C22H33N7O2S2. The Morgan fingerprint density at radius 1 is 1.09 bits per heavy atom. The first-order chi connectivity index (χ1) is 16.1. The summed E-state index contributed by atoms with van der Waals surface area (Å²) in [5, 5.41) is 10.2. The number of hydrogen-bond acceptors (Lipinski definition) is 9. The van der Waals surface area contributed by atoms with E-state index in [1.165, 1.54) is 0 Å². The number of amides is 2. The van der Waals surface area contributed by atoms with Crippen LogP contribution < -0.4 is 27.3 Å². The van der Waals surface area contributed by atoms with Crippen LogP contribution in [0, 0.1) is 0 Å². The molecular weight excluding hydrogens is 458 g/mol. The number of carbonyl (C=O) groups excluding carboxylic acids is 2. The van der Waals surface area contributed by atoms with E-state index in [0.29, 0.717) is 30.1 Å². The highest BCUT2D eigenvalue weighted by Crippen LogP contribution is 2.21. The van der Waals surface area contributed by atoms with Gasteiger partial charge >= 0.3 is 0 Å². The van der Waals surface area contributed by atoms with E-state index in [9.17, 15) is 9.59 Å². The van der Waals surface area contributed by atoms with Crippen molar-refractivity contribution in [2.75, 3.05) is 35.3 Å². The fourth-order valence-corrected chi connectivity index (χ4v) is 4.19. The molecule has 0 bridgehead atoms. The van der Waals surface area contributed by atoms with Gasteiger partial charge in [0.2, 0.25) is 5.91 Å². The summed E-state index contributed by atoms with van der Waals surface area (Å²) in [7, 11) is 3.18. The van der Waals surface area contributed by atoms with Gasteiger partial charge in [-0.05, 0) is 36.8 Å². The number of nitrogens with two attached hydrogens (primary N) is 1. The summed E-state index contributed by atoms with van der Waals surface area (Å²) in [6.07, 6.45) is 3.79. The number of hydrogen-bond donors (Lipinski definition) is 5. The lowest BCUT2D eigenvalue weighted by Crippen LogP contribution is -2.30. The van der Waals surface area contributed by atoms with Crippen molar-refractivity contribution in [3.05, 3.63) is 53.7 Å². The molecule has 2 aromatic rings. The van der Waals surface area contributed by atoms with Gasteiger partial charge in [-0.1, -0.05) is 47.6 Å². The molecule has 1 aromatic carbocycles. The van der Waals surface area contributed by atoms with Crippen LogP contribution in [0.3, 0.4) is 0 Å². The molecule has 0 saturated heterocycles. The number of rotatable bonds is 13. The van der Waals surface area contributed by atoms with Gasteiger partial charge in [0, 0.05) is 36.6 Å². The zero-order valence-corrected chi connectivity index (χ0v) is 20.9. The molecule has 11 heteroatoms. The Bertz CT molecular complexity index is 847. The Labute approximate surface area is 203 Å². The molecule has 0 radical (unpaired) electrons. The lowest BCUT2D eigenvalue weighted by molar-refractivity contribution is -0.120. The van der Waals surface area contributed by atoms with Crippen molar-refractivity contribution in [2.45, 2.75) is 27.2 Å². The first kappa shape index (κ1) is 28.3. The number of hydrazone groups is 1. The molecule has 0 spiro atoms. The van der Waals surface area contributed by atoms with Crippen LogP contribution in [-0.4, -0.2) is 47.6 Å². The molecule has 0 unspecified atom stereocenters. The zero-order chi connectivity index (χ0) is 24.3. The maximum Gasteiger partial charge on any atom is 0.251 e. The Balaban J connectivity index is 0.00000265. The van der Waals surface area contributed by atoms with Crippen molar-refractivity contribution in [3.8, 4) is 0 Å². The van der Waals surface area contributed by atoms with Gasteiger partial charge in [0.1, 0.15) is 5.82 Å². The summed E-state index contributed by atoms with van der Waals surface area (Å²) in [6, 6.07) is 10.9. The number of hydrazine groups is 1. The number of nitrogens with one attached hydrogen (secondary N) is 4. The fraction of sp³-hybridized carbons (Fsp3) is 0.364. The predicted molar refractivity (Wildman–Crippen MR) is 142 cm³/mol. The third-order valence-electron chi connectivity index (χ3n) is 3.84. The molecule has 6 N–H and O–H groups in total. The summed E-state index contributed by atoms with van der Waals surface area (Å²) < 4.78 is 0. The van der Waals surface area contributed by atoms with Gasteiger partial charge in [-0.3, -0.25) is 20.4 Å². The standard InChI is InChI=1S/C20H27N7O2S2.C2H6/c1-2-22-17-7-8-18(24-14-17)27-25-13-15-3-5-16(6-4-15)20(29)23-10-12-31-30-11-9-19(28)26-21;1-2/h3-8,13-14,22H,2,9-12,21H2,1H3,(H,23,29)(H,24,27)(H,26,28);1-2H3/b25-13+;. The van der Waals surface area contributed by atoms with Gasteiger partial charge < -0.3 is 10.6 Å². The summed E-state index contributed by atoms with van der Waals surface area (Å²) in [5.41, 5.74) is 7.38. The average molecular weight is 492 g/mol. The van der Waals surface area contributed by atoms with Crippen molar-refractivity contribution in [3.63, 3.8) is 0 Å². The Kier molecular flexibility index (Phi) is 15.2. The van der Waals surface area contributed by atoms with Crippen LogP contribution in [0.2, 0.25) is 0 Å². The van der Waals surface area contributed by atoms with E-state index < -0.39 is 0 Å². The van der Waals surface area contributed by atoms with Crippen LogP contribution in [0.4, 0.5) is 11.5 Å². The highest BCUT2D eigenvalue weighted by molar-refractivity contribution is 8.76. The van der Waals surface area contributed by atoms with Crippen LogP contribution in [0.1, 0.15) is 43.1 Å². The van der Waals surface area contributed by atoms with Gasteiger partial charge in [0.15, 0.2) is 0 Å². The summed E-state index contributed by atoms with van der Waals surface area (Å²) >= 11 is 0. The maximum absolute atomic E-state index is 12.2. The summed E-state index contributed by atoms with van der Waals surface area (Å²) in [6.45, 7) is 7.42. The molecule has 0 aliphatic heterocycles. The number of aromatic nitrogens is 1. The van der Waals surface area contributed by atoms with Gasteiger partial charge in [-0.2, -0.15) is 5.10 Å². The second-order valence-electron chi connectivity index (χ2n) is 6.17. The first-order valence-corrected chi connectivity index (χ1v) is 13.2. The molecule has 0 saturated carbocycles. The molecule has 0 aliphatic carbocycles. The second kappa shape index (κ2) is 17.8. The maximum atomic E-state index is 12.2. The van der Waals surface area contributed by atoms with Crippen LogP contribution in [-0.2, 0) is 4.79 Å². The van der Waals surface area contributed by atoms with Gasteiger partial charge in [0.05, 0.1) is 18.1 Å². The molecule has 0 aliphatic rings. The van der Waals surface area contributed by atoms with E-state index in [-0.39, 0.29) is 11.8 Å². The molecule has 0 atom stereocenters.